The maximum atomic E-state index is 12.8. The number of carbonyl (C=O) groups is 1. The summed E-state index contributed by atoms with van der Waals surface area (Å²) in [4.78, 5) is 22.2. The van der Waals surface area contributed by atoms with Crippen LogP contribution in [0.4, 0.5) is 17.3 Å². The average molecular weight is 420 g/mol. The fourth-order valence-electron chi connectivity index (χ4n) is 4.58. The molecule has 3 aromatic rings. The average Bonchev–Trinajstić information content (AvgIpc) is 3.17. The van der Waals surface area contributed by atoms with Crippen LogP contribution >= 0.6 is 0 Å². The standard InChI is InChI=1S/C24H29N5O2/c1-27-22-5-3-2-4-21(22)26-24(27)29-12-10-18(11-13-29)23(30)25-19-6-8-20(9-7-19)28-14-16-31-17-15-28/h2-9,18H,10-17H2,1H3,(H,25,30). The number of nitrogens with one attached hydrogen (secondary N) is 1. The first kappa shape index (κ1) is 19.9. The summed E-state index contributed by atoms with van der Waals surface area (Å²) >= 11 is 0. The lowest BCUT2D eigenvalue weighted by Gasteiger charge is -2.32. The zero-order valence-electron chi connectivity index (χ0n) is 18.0. The van der Waals surface area contributed by atoms with Gasteiger partial charge in [-0.05, 0) is 49.2 Å². The first-order valence-electron chi connectivity index (χ1n) is 11.1. The number of rotatable bonds is 4. The summed E-state index contributed by atoms with van der Waals surface area (Å²) in [6, 6.07) is 16.3. The summed E-state index contributed by atoms with van der Waals surface area (Å²) in [5.74, 6) is 1.13. The molecule has 2 saturated heterocycles. The number of hydrogen-bond donors (Lipinski definition) is 1. The van der Waals surface area contributed by atoms with Gasteiger partial charge in [-0.15, -0.1) is 0 Å². The van der Waals surface area contributed by atoms with E-state index in [2.05, 4.69) is 44.9 Å². The Bertz CT molecular complexity index is 1050. The molecule has 0 radical (unpaired) electrons. The third-order valence-corrected chi connectivity index (χ3v) is 6.42. The van der Waals surface area contributed by atoms with Crippen LogP contribution in [0.15, 0.2) is 48.5 Å². The number of imidazole rings is 1. The van der Waals surface area contributed by atoms with Crippen LogP contribution in [0.5, 0.6) is 0 Å². The van der Waals surface area contributed by atoms with Crippen molar-refractivity contribution in [3.05, 3.63) is 48.5 Å². The van der Waals surface area contributed by atoms with E-state index in [0.717, 1.165) is 74.9 Å². The highest BCUT2D eigenvalue weighted by atomic mass is 16.5. The van der Waals surface area contributed by atoms with Crippen LogP contribution in [0.25, 0.3) is 11.0 Å². The highest BCUT2D eigenvalue weighted by Gasteiger charge is 2.27. The zero-order chi connectivity index (χ0) is 21.2. The van der Waals surface area contributed by atoms with Crippen molar-refractivity contribution in [3.63, 3.8) is 0 Å². The summed E-state index contributed by atoms with van der Waals surface area (Å²) in [6.07, 6.45) is 1.67. The number of piperidine rings is 1. The molecule has 31 heavy (non-hydrogen) atoms. The van der Waals surface area contributed by atoms with Gasteiger partial charge in [0.25, 0.3) is 0 Å². The third-order valence-electron chi connectivity index (χ3n) is 6.42. The molecule has 2 aromatic carbocycles. The van der Waals surface area contributed by atoms with Gasteiger partial charge in [0.15, 0.2) is 0 Å². The quantitative estimate of drug-likeness (QED) is 0.703. The molecule has 0 spiro atoms. The molecule has 0 saturated carbocycles. The molecule has 1 amide bonds. The fraction of sp³-hybridized carbons (Fsp3) is 0.417. The third kappa shape index (κ3) is 4.10. The SMILES string of the molecule is Cn1c(N2CCC(C(=O)Nc3ccc(N4CCOCC4)cc3)CC2)nc2ccccc21. The Morgan fingerprint density at radius 2 is 1.68 bits per heavy atom. The maximum absolute atomic E-state index is 12.8. The van der Waals surface area contributed by atoms with E-state index in [4.69, 9.17) is 9.72 Å². The van der Waals surface area contributed by atoms with E-state index in [9.17, 15) is 4.79 Å². The normalized spacial score (nSPS) is 17.8. The number of benzene rings is 2. The molecule has 3 heterocycles. The smallest absolute Gasteiger partial charge is 0.227 e. The second kappa shape index (κ2) is 8.59. The molecule has 0 aliphatic carbocycles. The predicted octanol–water partition coefficient (Wildman–Crippen LogP) is 3.27. The molecule has 0 atom stereocenters. The Balaban J connectivity index is 1.18. The minimum absolute atomic E-state index is 0.0323. The van der Waals surface area contributed by atoms with Crippen LogP contribution in [-0.4, -0.2) is 54.9 Å². The number of aryl methyl sites for hydroxylation is 1. The number of carbonyl (C=O) groups excluding carboxylic acids is 1. The number of nitrogens with zero attached hydrogens (tertiary/aromatic N) is 4. The molecule has 0 bridgehead atoms. The van der Waals surface area contributed by atoms with Gasteiger partial charge in [0, 0.05) is 50.5 Å². The second-order valence-corrected chi connectivity index (χ2v) is 8.36. The minimum Gasteiger partial charge on any atom is -0.378 e. The van der Waals surface area contributed by atoms with Crippen LogP contribution < -0.4 is 15.1 Å². The lowest BCUT2D eigenvalue weighted by atomic mass is 9.96. The van der Waals surface area contributed by atoms with Gasteiger partial charge in [0.1, 0.15) is 0 Å². The summed E-state index contributed by atoms with van der Waals surface area (Å²) in [7, 11) is 2.06. The van der Waals surface area contributed by atoms with Gasteiger partial charge < -0.3 is 24.4 Å². The maximum Gasteiger partial charge on any atom is 0.227 e. The van der Waals surface area contributed by atoms with Crippen molar-refractivity contribution in [1.82, 2.24) is 9.55 Å². The molecule has 1 aromatic heterocycles. The van der Waals surface area contributed by atoms with E-state index in [1.807, 2.05) is 30.3 Å². The van der Waals surface area contributed by atoms with Crippen molar-refractivity contribution in [2.45, 2.75) is 12.8 Å². The van der Waals surface area contributed by atoms with Crippen molar-refractivity contribution in [1.29, 1.82) is 0 Å². The number of anilines is 3. The van der Waals surface area contributed by atoms with Gasteiger partial charge >= 0.3 is 0 Å². The lowest BCUT2D eigenvalue weighted by molar-refractivity contribution is -0.120. The van der Waals surface area contributed by atoms with E-state index >= 15 is 0 Å². The molecule has 2 aliphatic rings. The molecule has 0 unspecified atom stereocenters. The number of morpholine rings is 1. The van der Waals surface area contributed by atoms with Crippen molar-refractivity contribution >= 4 is 34.3 Å². The van der Waals surface area contributed by atoms with Gasteiger partial charge in [-0.25, -0.2) is 4.98 Å². The first-order chi connectivity index (χ1) is 15.2. The predicted molar refractivity (Wildman–Crippen MR) is 124 cm³/mol. The molecular formula is C24H29N5O2. The van der Waals surface area contributed by atoms with Crippen molar-refractivity contribution in [3.8, 4) is 0 Å². The highest BCUT2D eigenvalue weighted by Crippen LogP contribution is 2.27. The zero-order valence-corrected chi connectivity index (χ0v) is 18.0. The lowest BCUT2D eigenvalue weighted by Crippen LogP contribution is -2.39. The van der Waals surface area contributed by atoms with Crippen LogP contribution in [0.2, 0.25) is 0 Å². The van der Waals surface area contributed by atoms with Gasteiger partial charge in [-0.2, -0.15) is 0 Å². The molecule has 162 valence electrons. The molecule has 7 nitrogen and oxygen atoms in total. The number of amides is 1. The first-order valence-corrected chi connectivity index (χ1v) is 11.1. The highest BCUT2D eigenvalue weighted by molar-refractivity contribution is 5.93. The summed E-state index contributed by atoms with van der Waals surface area (Å²) < 4.78 is 7.56. The van der Waals surface area contributed by atoms with Crippen LogP contribution in [0, 0.1) is 5.92 Å². The number of ether oxygens (including phenoxy) is 1. The van der Waals surface area contributed by atoms with Gasteiger partial charge in [-0.3, -0.25) is 4.79 Å². The Morgan fingerprint density at radius 3 is 2.39 bits per heavy atom. The molecular weight excluding hydrogens is 390 g/mol. The minimum atomic E-state index is 0.0323. The Kier molecular flexibility index (Phi) is 5.51. The van der Waals surface area contributed by atoms with E-state index in [1.54, 1.807) is 0 Å². The van der Waals surface area contributed by atoms with Gasteiger partial charge in [0.2, 0.25) is 11.9 Å². The molecule has 2 aliphatic heterocycles. The number of hydrogen-bond acceptors (Lipinski definition) is 5. The number of aromatic nitrogens is 2. The van der Waals surface area contributed by atoms with Crippen molar-refractivity contribution < 1.29 is 9.53 Å². The van der Waals surface area contributed by atoms with E-state index in [0.29, 0.717) is 0 Å². The number of fused-ring (bicyclic) bond motifs is 1. The summed E-state index contributed by atoms with van der Waals surface area (Å²) in [5, 5.41) is 3.11. The van der Waals surface area contributed by atoms with Crippen LogP contribution in [0.3, 0.4) is 0 Å². The van der Waals surface area contributed by atoms with E-state index in [1.165, 1.54) is 5.69 Å². The molecule has 2 fully saturated rings. The van der Waals surface area contributed by atoms with Gasteiger partial charge in [-0.1, -0.05) is 12.1 Å². The van der Waals surface area contributed by atoms with Gasteiger partial charge in [0.05, 0.1) is 24.2 Å². The summed E-state index contributed by atoms with van der Waals surface area (Å²) in [6.45, 7) is 5.04. The monoisotopic (exact) mass is 419 g/mol. The van der Waals surface area contributed by atoms with Crippen LogP contribution in [-0.2, 0) is 16.6 Å². The molecule has 1 N–H and O–H groups in total. The van der Waals surface area contributed by atoms with Crippen LogP contribution in [0.1, 0.15) is 12.8 Å². The largest absolute Gasteiger partial charge is 0.378 e. The van der Waals surface area contributed by atoms with Crippen molar-refractivity contribution in [2.75, 3.05) is 54.5 Å². The second-order valence-electron chi connectivity index (χ2n) is 8.36. The topological polar surface area (TPSA) is 62.6 Å². The Morgan fingerprint density at radius 1 is 0.968 bits per heavy atom. The number of para-hydroxylation sites is 2. The molecule has 5 rings (SSSR count). The summed E-state index contributed by atoms with van der Waals surface area (Å²) in [5.41, 5.74) is 4.19. The van der Waals surface area contributed by atoms with E-state index in [-0.39, 0.29) is 11.8 Å². The fourth-order valence-corrected chi connectivity index (χ4v) is 4.58. The van der Waals surface area contributed by atoms with Crippen molar-refractivity contribution in [2.24, 2.45) is 13.0 Å². The Labute approximate surface area is 182 Å². The van der Waals surface area contributed by atoms with E-state index < -0.39 is 0 Å². The molecule has 7 heteroatoms. The Hall–Kier alpha value is -3.06.